The van der Waals surface area contributed by atoms with Gasteiger partial charge in [0, 0.05) is 16.5 Å². The first-order chi connectivity index (χ1) is 12.4. The fourth-order valence-electron chi connectivity index (χ4n) is 3.36. The van der Waals surface area contributed by atoms with Crippen LogP contribution in [0.1, 0.15) is 43.6 Å². The number of nitrogens with zero attached hydrogens (tertiary/aromatic N) is 1. The molecule has 0 unspecified atom stereocenters. The van der Waals surface area contributed by atoms with Gasteiger partial charge in [0.2, 0.25) is 5.91 Å². The summed E-state index contributed by atoms with van der Waals surface area (Å²) in [5.41, 5.74) is -0.256. The van der Waals surface area contributed by atoms with E-state index < -0.39 is 36.0 Å². The second-order valence-corrected chi connectivity index (χ2v) is 7.67. The van der Waals surface area contributed by atoms with Crippen LogP contribution in [0.5, 0.6) is 0 Å². The molecule has 3 rings (SSSR count). The van der Waals surface area contributed by atoms with Crippen LogP contribution < -0.4 is 16.0 Å². The van der Waals surface area contributed by atoms with Gasteiger partial charge in [0.05, 0.1) is 0 Å². The SMILES string of the molecule is CC[C@@H](C)NC(=O)NC(=O)CN1C(=O)N[C@@]2(CCCc3sccc32)C1=O. The predicted octanol–water partition coefficient (Wildman–Crippen LogP) is 1.46. The smallest absolute Gasteiger partial charge is 0.325 e. The number of imide groups is 2. The van der Waals surface area contributed by atoms with Gasteiger partial charge in [-0.3, -0.25) is 19.8 Å². The Morgan fingerprint density at radius 1 is 1.42 bits per heavy atom. The maximum Gasteiger partial charge on any atom is 0.325 e. The topological polar surface area (TPSA) is 108 Å². The van der Waals surface area contributed by atoms with Gasteiger partial charge in [-0.15, -0.1) is 11.3 Å². The number of rotatable bonds is 4. The minimum absolute atomic E-state index is 0.0814. The summed E-state index contributed by atoms with van der Waals surface area (Å²) in [5, 5.41) is 9.44. The van der Waals surface area contributed by atoms with Gasteiger partial charge in [0.25, 0.3) is 5.91 Å². The molecule has 1 fully saturated rings. The molecule has 0 bridgehead atoms. The van der Waals surface area contributed by atoms with Crippen LogP contribution in [0, 0.1) is 0 Å². The fraction of sp³-hybridized carbons (Fsp3) is 0.529. The number of aryl methyl sites for hydroxylation is 1. The average Bonchev–Trinajstić information content (AvgIpc) is 3.15. The second kappa shape index (κ2) is 7.06. The molecule has 1 aliphatic heterocycles. The van der Waals surface area contributed by atoms with Gasteiger partial charge in [-0.05, 0) is 44.1 Å². The summed E-state index contributed by atoms with van der Waals surface area (Å²) in [6.07, 6.45) is 2.90. The van der Waals surface area contributed by atoms with E-state index in [-0.39, 0.29) is 6.04 Å². The van der Waals surface area contributed by atoms with Crippen LogP contribution in [0.2, 0.25) is 0 Å². The number of thiophene rings is 1. The number of nitrogens with one attached hydrogen (secondary N) is 3. The number of hydrogen-bond donors (Lipinski definition) is 3. The van der Waals surface area contributed by atoms with E-state index in [0.717, 1.165) is 34.6 Å². The summed E-state index contributed by atoms with van der Waals surface area (Å²) in [6, 6.07) is 0.540. The number of hydrogen-bond acceptors (Lipinski definition) is 5. The van der Waals surface area contributed by atoms with E-state index in [9.17, 15) is 19.2 Å². The molecule has 0 radical (unpaired) electrons. The van der Waals surface area contributed by atoms with E-state index in [1.807, 2.05) is 25.3 Å². The van der Waals surface area contributed by atoms with Gasteiger partial charge in [0.15, 0.2) is 0 Å². The molecule has 1 aromatic rings. The van der Waals surface area contributed by atoms with Crippen molar-refractivity contribution >= 4 is 35.2 Å². The van der Waals surface area contributed by atoms with Crippen molar-refractivity contribution < 1.29 is 19.2 Å². The van der Waals surface area contributed by atoms with Crippen molar-refractivity contribution in [3.8, 4) is 0 Å². The maximum atomic E-state index is 13.0. The Morgan fingerprint density at radius 2 is 2.19 bits per heavy atom. The summed E-state index contributed by atoms with van der Waals surface area (Å²) in [4.78, 5) is 51.1. The Bertz CT molecular complexity index is 762. The van der Waals surface area contributed by atoms with Crippen molar-refractivity contribution in [1.82, 2.24) is 20.9 Å². The Hall–Kier alpha value is -2.42. The summed E-state index contributed by atoms with van der Waals surface area (Å²) >= 11 is 1.57. The predicted molar refractivity (Wildman–Crippen MR) is 95.6 cm³/mol. The van der Waals surface area contributed by atoms with E-state index in [1.54, 1.807) is 11.3 Å². The molecule has 9 heteroatoms. The lowest BCUT2D eigenvalue weighted by Gasteiger charge is -2.31. The van der Waals surface area contributed by atoms with E-state index in [1.165, 1.54) is 0 Å². The van der Waals surface area contributed by atoms with Gasteiger partial charge in [-0.25, -0.2) is 9.59 Å². The van der Waals surface area contributed by atoms with Crippen molar-refractivity contribution in [2.24, 2.45) is 0 Å². The highest BCUT2D eigenvalue weighted by molar-refractivity contribution is 7.10. The number of carbonyl (C=O) groups is 4. The molecule has 6 amide bonds. The number of amides is 6. The average molecular weight is 378 g/mol. The highest BCUT2D eigenvalue weighted by Crippen LogP contribution is 2.41. The summed E-state index contributed by atoms with van der Waals surface area (Å²) in [6.45, 7) is 3.23. The summed E-state index contributed by atoms with van der Waals surface area (Å²) in [5.74, 6) is -1.13. The summed E-state index contributed by atoms with van der Waals surface area (Å²) in [7, 11) is 0. The van der Waals surface area contributed by atoms with Crippen LogP contribution in [0.3, 0.4) is 0 Å². The first-order valence-electron chi connectivity index (χ1n) is 8.68. The molecule has 8 nitrogen and oxygen atoms in total. The van der Waals surface area contributed by atoms with Crippen LogP contribution >= 0.6 is 11.3 Å². The third kappa shape index (κ3) is 3.18. The fourth-order valence-corrected chi connectivity index (χ4v) is 4.36. The van der Waals surface area contributed by atoms with Crippen LogP contribution in [0.15, 0.2) is 11.4 Å². The molecule has 2 atom stereocenters. The zero-order chi connectivity index (χ0) is 18.9. The van der Waals surface area contributed by atoms with Crippen LogP contribution in [-0.2, 0) is 21.5 Å². The molecule has 2 heterocycles. The van der Waals surface area contributed by atoms with Crippen LogP contribution in [-0.4, -0.2) is 41.4 Å². The zero-order valence-electron chi connectivity index (χ0n) is 14.8. The number of fused-ring (bicyclic) bond motifs is 2. The van der Waals surface area contributed by atoms with E-state index >= 15 is 0 Å². The van der Waals surface area contributed by atoms with Gasteiger partial charge in [0.1, 0.15) is 12.1 Å². The maximum absolute atomic E-state index is 13.0. The second-order valence-electron chi connectivity index (χ2n) is 6.67. The van der Waals surface area contributed by atoms with Crippen molar-refractivity contribution in [2.45, 2.75) is 51.1 Å². The van der Waals surface area contributed by atoms with E-state index in [4.69, 9.17) is 0 Å². The lowest BCUT2D eigenvalue weighted by atomic mass is 9.80. The lowest BCUT2D eigenvalue weighted by molar-refractivity contribution is -0.135. The molecule has 3 N–H and O–H groups in total. The van der Waals surface area contributed by atoms with Gasteiger partial charge < -0.3 is 10.6 Å². The Morgan fingerprint density at radius 3 is 2.92 bits per heavy atom. The number of carbonyl (C=O) groups excluding carboxylic acids is 4. The van der Waals surface area contributed by atoms with Crippen LogP contribution in [0.4, 0.5) is 9.59 Å². The minimum atomic E-state index is -1.08. The van der Waals surface area contributed by atoms with Crippen molar-refractivity contribution in [3.63, 3.8) is 0 Å². The Balaban J connectivity index is 1.69. The third-order valence-corrected chi connectivity index (χ3v) is 5.86. The molecule has 1 spiro atoms. The van der Waals surface area contributed by atoms with Crippen molar-refractivity contribution in [2.75, 3.05) is 6.54 Å². The van der Waals surface area contributed by atoms with Crippen molar-refractivity contribution in [1.29, 1.82) is 0 Å². The molecular formula is C17H22N4O4S. The monoisotopic (exact) mass is 378 g/mol. The standard InChI is InChI=1S/C17H22N4O4S/c1-3-10(2)18-15(24)19-13(22)9-21-14(23)17(20-16(21)25)7-4-5-12-11(17)6-8-26-12/h6,8,10H,3-5,7,9H2,1-2H3,(H,20,25)(H2,18,19,22,24)/t10-,17-/m1/s1. The molecule has 2 aliphatic rings. The molecule has 140 valence electrons. The highest BCUT2D eigenvalue weighted by atomic mass is 32.1. The molecule has 1 saturated heterocycles. The van der Waals surface area contributed by atoms with Crippen molar-refractivity contribution in [3.05, 3.63) is 21.9 Å². The highest BCUT2D eigenvalue weighted by Gasteiger charge is 2.54. The van der Waals surface area contributed by atoms with Crippen LogP contribution in [0.25, 0.3) is 0 Å². The summed E-state index contributed by atoms with van der Waals surface area (Å²) < 4.78 is 0. The lowest BCUT2D eigenvalue weighted by Crippen LogP contribution is -2.49. The number of urea groups is 2. The van der Waals surface area contributed by atoms with Gasteiger partial charge >= 0.3 is 12.1 Å². The molecule has 1 aromatic heterocycles. The first kappa shape index (κ1) is 18.4. The molecular weight excluding hydrogens is 356 g/mol. The quantitative estimate of drug-likeness (QED) is 0.689. The Labute approximate surface area is 155 Å². The molecule has 26 heavy (non-hydrogen) atoms. The van der Waals surface area contributed by atoms with Gasteiger partial charge in [-0.2, -0.15) is 0 Å². The van der Waals surface area contributed by atoms with E-state index in [0.29, 0.717) is 6.42 Å². The first-order valence-corrected chi connectivity index (χ1v) is 9.56. The molecule has 1 aliphatic carbocycles. The largest absolute Gasteiger partial charge is 0.335 e. The Kier molecular flexibility index (Phi) is 4.99. The third-order valence-electron chi connectivity index (χ3n) is 4.88. The minimum Gasteiger partial charge on any atom is -0.335 e. The van der Waals surface area contributed by atoms with Gasteiger partial charge in [-0.1, -0.05) is 6.92 Å². The van der Waals surface area contributed by atoms with E-state index in [2.05, 4.69) is 16.0 Å². The normalized spacial score (nSPS) is 22.8. The molecule has 0 saturated carbocycles. The zero-order valence-corrected chi connectivity index (χ0v) is 15.6. The molecule has 0 aromatic carbocycles.